The minimum Gasteiger partial charge on any atom is -0.464 e. The maximum absolute atomic E-state index is 13.0. The van der Waals surface area contributed by atoms with Crippen LogP contribution in [-0.4, -0.2) is 40.6 Å². The first-order valence-corrected chi connectivity index (χ1v) is 9.73. The Morgan fingerprint density at radius 3 is 2.71 bits per heavy atom. The summed E-state index contributed by atoms with van der Waals surface area (Å²) in [5.74, 6) is 0.311. The van der Waals surface area contributed by atoms with Crippen LogP contribution in [0.3, 0.4) is 0 Å². The molecule has 1 aromatic rings. The number of ether oxygens (including phenoxy) is 1. The third kappa shape index (κ3) is 4.45. The number of thioether (sulfide) groups is 1. The van der Waals surface area contributed by atoms with Crippen molar-refractivity contribution >= 4 is 35.2 Å². The molecule has 0 saturated carbocycles. The Morgan fingerprint density at radius 2 is 2.08 bits per heavy atom. The Morgan fingerprint density at radius 1 is 1.38 bits per heavy atom. The van der Waals surface area contributed by atoms with E-state index < -0.39 is 6.04 Å². The molecule has 1 amide bonds. The maximum atomic E-state index is 13.0. The van der Waals surface area contributed by atoms with Gasteiger partial charge in [-0.15, -0.1) is 11.8 Å². The molecular weight excluding hydrogens is 346 g/mol. The summed E-state index contributed by atoms with van der Waals surface area (Å²) >= 11 is 7.82. The fourth-order valence-corrected chi connectivity index (χ4v) is 4.33. The van der Waals surface area contributed by atoms with Crippen molar-refractivity contribution in [1.82, 2.24) is 4.90 Å². The molecule has 0 aliphatic carbocycles. The number of esters is 1. The SMILES string of the molecule is CCCC1SCC(C(=O)OCC(C)C)N1C(=O)c1ccccc1Cl. The number of hydrogen-bond donors (Lipinski definition) is 0. The molecule has 1 aromatic carbocycles. The third-order valence-corrected chi connectivity index (χ3v) is 5.48. The van der Waals surface area contributed by atoms with Crippen molar-refractivity contribution in [3.63, 3.8) is 0 Å². The Hall–Kier alpha value is -1.20. The van der Waals surface area contributed by atoms with Gasteiger partial charge in [-0.2, -0.15) is 0 Å². The Labute approximate surface area is 152 Å². The van der Waals surface area contributed by atoms with Crippen LogP contribution in [0, 0.1) is 5.92 Å². The van der Waals surface area contributed by atoms with Crippen molar-refractivity contribution in [1.29, 1.82) is 0 Å². The largest absolute Gasteiger partial charge is 0.464 e. The van der Waals surface area contributed by atoms with E-state index in [9.17, 15) is 9.59 Å². The van der Waals surface area contributed by atoms with Crippen LogP contribution in [0.2, 0.25) is 5.02 Å². The molecule has 2 atom stereocenters. The van der Waals surface area contributed by atoms with Crippen molar-refractivity contribution in [3.05, 3.63) is 34.9 Å². The summed E-state index contributed by atoms with van der Waals surface area (Å²) in [5.41, 5.74) is 0.435. The molecule has 1 heterocycles. The van der Waals surface area contributed by atoms with Crippen LogP contribution in [0.5, 0.6) is 0 Å². The minimum absolute atomic E-state index is 0.0182. The molecule has 1 fully saturated rings. The zero-order chi connectivity index (χ0) is 17.7. The molecule has 1 saturated heterocycles. The zero-order valence-corrected chi connectivity index (χ0v) is 15.9. The molecule has 0 spiro atoms. The van der Waals surface area contributed by atoms with Crippen molar-refractivity contribution < 1.29 is 14.3 Å². The van der Waals surface area contributed by atoms with Crippen molar-refractivity contribution in [2.45, 2.75) is 45.0 Å². The molecule has 132 valence electrons. The second-order valence-electron chi connectivity index (χ2n) is 6.31. The average molecular weight is 370 g/mol. The fourth-order valence-electron chi connectivity index (χ4n) is 2.61. The number of carbonyl (C=O) groups excluding carboxylic acids is 2. The normalized spacial score (nSPS) is 20.5. The van der Waals surface area contributed by atoms with E-state index in [1.54, 1.807) is 40.9 Å². The van der Waals surface area contributed by atoms with Gasteiger partial charge in [0.2, 0.25) is 0 Å². The van der Waals surface area contributed by atoms with Crippen LogP contribution < -0.4 is 0 Å². The predicted molar refractivity (Wildman–Crippen MR) is 98.4 cm³/mol. The van der Waals surface area contributed by atoms with E-state index in [2.05, 4.69) is 6.92 Å². The lowest BCUT2D eigenvalue weighted by Gasteiger charge is -2.28. The molecule has 2 rings (SSSR count). The molecule has 0 N–H and O–H groups in total. The van der Waals surface area contributed by atoms with Gasteiger partial charge in [-0.1, -0.05) is 50.9 Å². The van der Waals surface area contributed by atoms with E-state index in [-0.39, 0.29) is 23.2 Å². The molecule has 6 heteroatoms. The van der Waals surface area contributed by atoms with E-state index in [4.69, 9.17) is 16.3 Å². The van der Waals surface area contributed by atoms with Gasteiger partial charge in [-0.05, 0) is 24.5 Å². The smallest absolute Gasteiger partial charge is 0.329 e. The van der Waals surface area contributed by atoms with Gasteiger partial charge in [0, 0.05) is 5.75 Å². The number of carbonyl (C=O) groups is 2. The highest BCUT2D eigenvalue weighted by molar-refractivity contribution is 8.00. The quantitative estimate of drug-likeness (QED) is 0.704. The van der Waals surface area contributed by atoms with Crippen molar-refractivity contribution in [2.75, 3.05) is 12.4 Å². The lowest BCUT2D eigenvalue weighted by atomic mass is 10.1. The highest BCUT2D eigenvalue weighted by atomic mass is 35.5. The van der Waals surface area contributed by atoms with Gasteiger partial charge < -0.3 is 9.64 Å². The van der Waals surface area contributed by atoms with Crippen LogP contribution in [0.25, 0.3) is 0 Å². The molecular formula is C18H24ClNO3S. The Bertz CT molecular complexity index is 593. The fraction of sp³-hybridized carbons (Fsp3) is 0.556. The highest BCUT2D eigenvalue weighted by Crippen LogP contribution is 2.35. The van der Waals surface area contributed by atoms with Crippen LogP contribution in [0.15, 0.2) is 24.3 Å². The highest BCUT2D eigenvalue weighted by Gasteiger charge is 2.42. The lowest BCUT2D eigenvalue weighted by molar-refractivity contribution is -0.149. The number of benzene rings is 1. The summed E-state index contributed by atoms with van der Waals surface area (Å²) in [7, 11) is 0. The van der Waals surface area contributed by atoms with Crippen LogP contribution in [0.4, 0.5) is 0 Å². The summed E-state index contributed by atoms with van der Waals surface area (Å²) in [6.07, 6.45) is 1.78. The van der Waals surface area contributed by atoms with Crippen LogP contribution in [-0.2, 0) is 9.53 Å². The molecule has 2 unspecified atom stereocenters. The topological polar surface area (TPSA) is 46.6 Å². The number of rotatable bonds is 6. The van der Waals surface area contributed by atoms with Gasteiger partial charge >= 0.3 is 5.97 Å². The summed E-state index contributed by atoms with van der Waals surface area (Å²) in [4.78, 5) is 27.2. The monoisotopic (exact) mass is 369 g/mol. The minimum atomic E-state index is -0.547. The molecule has 0 aromatic heterocycles. The Balaban J connectivity index is 2.23. The molecule has 0 radical (unpaired) electrons. The average Bonchev–Trinajstić information content (AvgIpc) is 2.96. The summed E-state index contributed by atoms with van der Waals surface area (Å²) in [6.45, 7) is 6.42. The number of amides is 1. The molecule has 1 aliphatic heterocycles. The van der Waals surface area contributed by atoms with Crippen molar-refractivity contribution in [2.24, 2.45) is 5.92 Å². The van der Waals surface area contributed by atoms with E-state index in [0.717, 1.165) is 12.8 Å². The van der Waals surface area contributed by atoms with Crippen LogP contribution >= 0.6 is 23.4 Å². The van der Waals surface area contributed by atoms with Gasteiger partial charge in [0.25, 0.3) is 5.91 Å². The molecule has 1 aliphatic rings. The first-order chi connectivity index (χ1) is 11.5. The zero-order valence-electron chi connectivity index (χ0n) is 14.3. The lowest BCUT2D eigenvalue weighted by Crippen LogP contribution is -2.46. The third-order valence-electron chi connectivity index (χ3n) is 3.80. The molecule has 24 heavy (non-hydrogen) atoms. The predicted octanol–water partition coefficient (Wildman–Crippen LogP) is 4.22. The number of halogens is 1. The summed E-state index contributed by atoms with van der Waals surface area (Å²) in [6, 6.07) is 6.42. The first kappa shape index (κ1) is 19.1. The van der Waals surface area contributed by atoms with Gasteiger partial charge in [0.15, 0.2) is 0 Å². The standard InChI is InChI=1S/C18H24ClNO3S/c1-4-7-16-20(17(21)13-8-5-6-9-14(13)19)15(11-24-16)18(22)23-10-12(2)3/h5-6,8-9,12,15-16H,4,7,10-11H2,1-3H3. The number of hydrogen-bond acceptors (Lipinski definition) is 4. The van der Waals surface area contributed by atoms with Crippen LogP contribution in [0.1, 0.15) is 44.0 Å². The van der Waals surface area contributed by atoms with E-state index >= 15 is 0 Å². The van der Waals surface area contributed by atoms with Gasteiger partial charge in [0.1, 0.15) is 6.04 Å². The van der Waals surface area contributed by atoms with Gasteiger partial charge in [-0.3, -0.25) is 4.79 Å². The van der Waals surface area contributed by atoms with Gasteiger partial charge in [0.05, 0.1) is 22.6 Å². The maximum Gasteiger partial charge on any atom is 0.329 e. The van der Waals surface area contributed by atoms with E-state index in [1.807, 2.05) is 13.8 Å². The molecule has 4 nitrogen and oxygen atoms in total. The van der Waals surface area contributed by atoms with Crippen molar-refractivity contribution in [3.8, 4) is 0 Å². The second-order valence-corrected chi connectivity index (χ2v) is 7.93. The Kier molecular flexibility index (Phi) is 6.99. The van der Waals surface area contributed by atoms with E-state index in [1.165, 1.54) is 0 Å². The van der Waals surface area contributed by atoms with Gasteiger partial charge in [-0.25, -0.2) is 4.79 Å². The summed E-state index contributed by atoms with van der Waals surface area (Å²) < 4.78 is 5.38. The number of nitrogens with zero attached hydrogens (tertiary/aromatic N) is 1. The second kappa shape index (κ2) is 8.77. The summed E-state index contributed by atoms with van der Waals surface area (Å²) in [5, 5.41) is 0.388. The van der Waals surface area contributed by atoms with E-state index in [0.29, 0.717) is 22.9 Å². The first-order valence-electron chi connectivity index (χ1n) is 8.31. The molecule has 0 bridgehead atoms.